The number of imidazole rings is 1. The number of nitrogens with zero attached hydrogens (tertiary/aromatic N) is 5. The zero-order chi connectivity index (χ0) is 20.7. The number of nitro groups is 1. The molecule has 12 nitrogen and oxygen atoms in total. The largest absolute Gasteiger partial charge is 5.00 e. The Morgan fingerprint density at radius 3 is 2.24 bits per heavy atom. The van der Waals surface area contributed by atoms with Gasteiger partial charge in [0.15, 0.2) is 0 Å². The van der Waals surface area contributed by atoms with Gasteiger partial charge in [-0.05, 0) is 59.1 Å². The van der Waals surface area contributed by atoms with Crippen LogP contribution in [0.25, 0.3) is 0 Å². The zero-order valence-corrected chi connectivity index (χ0v) is 19.1. The fourth-order valence-corrected chi connectivity index (χ4v) is 2.36. The summed E-state index contributed by atoms with van der Waals surface area (Å²) in [5.41, 5.74) is -0.152. The molecule has 0 aliphatic carbocycles. The Balaban J connectivity index is 0. The van der Waals surface area contributed by atoms with Gasteiger partial charge in [-0.2, -0.15) is 0 Å². The summed E-state index contributed by atoms with van der Waals surface area (Å²) in [4.78, 5) is 14.1. The second-order valence-corrected chi connectivity index (χ2v) is 7.30. The average Bonchev–Trinajstić information content (AvgIpc) is 3.06. The molecule has 0 spiro atoms. The van der Waals surface area contributed by atoms with Crippen LogP contribution >= 0.6 is 0 Å². The maximum absolute atomic E-state index is 11.0. The van der Waals surface area contributed by atoms with Crippen molar-refractivity contribution >= 4 is 17.4 Å². The van der Waals surface area contributed by atoms with Crippen LogP contribution in [0.3, 0.4) is 0 Å². The number of aromatic nitrogens is 2. The molecule has 1 aromatic rings. The van der Waals surface area contributed by atoms with Gasteiger partial charge in [-0.15, -0.1) is 0 Å². The fraction of sp³-hybridized carbons (Fsp3) is 0.688. The topological polar surface area (TPSA) is 179 Å². The molecule has 1 rings (SSSR count). The molecule has 162 valence electrons. The van der Waals surface area contributed by atoms with E-state index in [2.05, 4.69) is 25.9 Å². The van der Waals surface area contributed by atoms with Crippen molar-refractivity contribution < 1.29 is 40.9 Å². The third-order valence-electron chi connectivity index (χ3n) is 4.56. The van der Waals surface area contributed by atoms with Crippen molar-refractivity contribution in [2.45, 2.75) is 58.7 Å². The first-order chi connectivity index (χ1) is 12.5. The maximum Gasteiger partial charge on any atom is 5.00 e. The van der Waals surface area contributed by atoms with Crippen molar-refractivity contribution in [3.05, 3.63) is 22.5 Å². The van der Waals surface area contributed by atoms with Crippen molar-refractivity contribution in [1.82, 2.24) is 20.2 Å². The van der Waals surface area contributed by atoms with E-state index in [0.29, 0.717) is 24.5 Å². The molecule has 0 bridgehead atoms. The van der Waals surface area contributed by atoms with E-state index in [4.69, 9.17) is 5.21 Å². The van der Waals surface area contributed by atoms with E-state index in [1.54, 1.807) is 6.92 Å². The van der Waals surface area contributed by atoms with Crippen LogP contribution in [-0.4, -0.2) is 60.5 Å². The Morgan fingerprint density at radius 1 is 1.21 bits per heavy atom. The Bertz CT molecular complexity index is 704. The predicted octanol–water partition coefficient (Wildman–Crippen LogP) is 1.48. The van der Waals surface area contributed by atoms with Crippen molar-refractivity contribution in [2.24, 2.45) is 10.3 Å². The minimum absolute atomic E-state index is 0. The van der Waals surface area contributed by atoms with E-state index in [-0.39, 0.29) is 38.1 Å². The number of hydrogen-bond donors (Lipinski definition) is 4. The molecule has 0 aliphatic rings. The molecular formula is C16H29N7O5Tc+3. The summed E-state index contributed by atoms with van der Waals surface area (Å²) in [5.74, 6) is -0.306. The van der Waals surface area contributed by atoms with Crippen LogP contribution in [0.15, 0.2) is 22.7 Å². The summed E-state index contributed by atoms with van der Waals surface area (Å²) in [7, 11) is 0. The van der Waals surface area contributed by atoms with E-state index in [0.717, 1.165) is 6.42 Å². The van der Waals surface area contributed by atoms with Crippen LogP contribution in [-0.2, 0) is 32.1 Å². The second kappa shape index (κ2) is 12.6. The van der Waals surface area contributed by atoms with E-state index in [1.165, 1.54) is 17.0 Å². The minimum atomic E-state index is -0.676. The van der Waals surface area contributed by atoms with Crippen LogP contribution in [0.1, 0.15) is 41.0 Å². The van der Waals surface area contributed by atoms with E-state index < -0.39 is 16.0 Å². The van der Waals surface area contributed by atoms with Gasteiger partial charge in [0.2, 0.25) is 0 Å². The number of rotatable bonds is 11. The van der Waals surface area contributed by atoms with E-state index in [1.807, 2.05) is 27.7 Å². The van der Waals surface area contributed by atoms with Gasteiger partial charge in [0.05, 0.1) is 16.8 Å². The van der Waals surface area contributed by atoms with Crippen molar-refractivity contribution in [3.8, 4) is 0 Å². The fourth-order valence-electron chi connectivity index (χ4n) is 2.36. The minimum Gasteiger partial charge on any atom is -2.00 e. The van der Waals surface area contributed by atoms with Crippen molar-refractivity contribution in [2.75, 3.05) is 13.1 Å². The normalized spacial score (nSPS) is 12.9. The molecule has 1 aromatic heterocycles. The van der Waals surface area contributed by atoms with Gasteiger partial charge in [-0.25, -0.2) is 4.57 Å². The molecule has 0 aromatic carbocycles. The van der Waals surface area contributed by atoms with Gasteiger partial charge in [-0.3, -0.25) is 0 Å². The summed E-state index contributed by atoms with van der Waals surface area (Å²) in [6, 6.07) is 0. The smallest absolute Gasteiger partial charge is 2.00 e. The molecule has 0 radical (unpaired) electrons. The molecule has 4 N–H and O–H groups in total. The molecule has 0 amide bonds. The average molecular weight is 497 g/mol. The Hall–Kier alpha value is -1.92. The van der Waals surface area contributed by atoms with Crippen LogP contribution in [0.2, 0.25) is 0 Å². The zero-order valence-electron chi connectivity index (χ0n) is 17.2. The quantitative estimate of drug-likeness (QED) is 0.117. The van der Waals surface area contributed by atoms with Crippen LogP contribution in [0, 0.1) is 10.1 Å². The summed E-state index contributed by atoms with van der Waals surface area (Å²) in [6.07, 6.45) is 3.57. The van der Waals surface area contributed by atoms with Gasteiger partial charge >= 0.3 is 26.1 Å². The molecular weight excluding hydrogens is 468 g/mol. The van der Waals surface area contributed by atoms with Crippen molar-refractivity contribution in [1.29, 1.82) is 0 Å². The molecule has 0 atom stereocenters. The molecule has 29 heavy (non-hydrogen) atoms. The van der Waals surface area contributed by atoms with Gasteiger partial charge in [-0.1, -0.05) is 15.3 Å². The maximum atomic E-state index is 11.0. The van der Waals surface area contributed by atoms with Gasteiger partial charge in [0, 0.05) is 0 Å². The summed E-state index contributed by atoms with van der Waals surface area (Å²) in [6.45, 7) is 10.6. The molecule has 0 fully saturated rings. The summed E-state index contributed by atoms with van der Waals surface area (Å²) >= 11 is 0. The molecule has 1 heterocycles. The second-order valence-electron chi connectivity index (χ2n) is 7.30. The van der Waals surface area contributed by atoms with Gasteiger partial charge in [0.1, 0.15) is 24.7 Å². The number of hydrogen-bond acceptors (Lipinski definition) is 9. The Morgan fingerprint density at radius 2 is 1.76 bits per heavy atom. The van der Waals surface area contributed by atoms with Crippen LogP contribution in [0.5, 0.6) is 0 Å². The number of oxime groups is 2. The third-order valence-corrected chi connectivity index (χ3v) is 4.56. The van der Waals surface area contributed by atoms with Gasteiger partial charge in [0.25, 0.3) is 0 Å². The molecule has 0 aliphatic heterocycles. The monoisotopic (exact) mass is 496 g/mol. The molecule has 0 unspecified atom stereocenters. The van der Waals surface area contributed by atoms with E-state index >= 15 is 0 Å². The molecule has 13 heteroatoms. The van der Waals surface area contributed by atoms with E-state index in [9.17, 15) is 15.3 Å². The first-order valence-electron chi connectivity index (χ1n) is 8.61. The number of nitrogens with one attached hydrogen (secondary N) is 2. The Labute approximate surface area is 183 Å². The molecule has 0 saturated heterocycles. The summed E-state index contributed by atoms with van der Waals surface area (Å²) < 4.78 is 1.32. The third kappa shape index (κ3) is 8.54. The predicted molar refractivity (Wildman–Crippen MR) is 102 cm³/mol. The van der Waals surface area contributed by atoms with Crippen molar-refractivity contribution in [3.63, 3.8) is 0 Å². The van der Waals surface area contributed by atoms with Crippen LogP contribution in [0.4, 0.5) is 5.95 Å². The van der Waals surface area contributed by atoms with Gasteiger partial charge < -0.3 is 36.6 Å². The molecule has 0 saturated carbocycles. The first kappa shape index (κ1) is 29.3. The SMILES string of the molecule is C/C(=N\O)C(C)(C)NCCCNC(C)(C)/C(Cn1ccnc1[N+](=O)[O-])=N/O.[O-2].[Tc+5]. The standard InChI is InChI=1S/C16H29N7O4.O.Tc/c1-12(20-24)15(2,3)18-7-6-8-19-16(4,5)13(21-25)11-22-10-9-17-14(22)23(26)27;;/h9-10,18-19,24-25H,6-8,11H2,1-5H3;;/q;-2;+5/b20-12+,21-13+;;. The Kier molecular flexibility index (Phi) is 12.7. The first-order valence-corrected chi connectivity index (χ1v) is 8.61. The summed E-state index contributed by atoms with van der Waals surface area (Å²) in [5, 5.41) is 42.4. The van der Waals surface area contributed by atoms with Crippen LogP contribution < -0.4 is 10.6 Å².